The summed E-state index contributed by atoms with van der Waals surface area (Å²) in [4.78, 5) is 18.3. The van der Waals surface area contributed by atoms with Crippen LogP contribution < -0.4 is 19.9 Å². The van der Waals surface area contributed by atoms with Gasteiger partial charge in [-0.25, -0.2) is 0 Å². The summed E-state index contributed by atoms with van der Waals surface area (Å²) in [6.45, 7) is 3.23. The van der Waals surface area contributed by atoms with Gasteiger partial charge in [0.1, 0.15) is 30.3 Å². The number of rotatable bonds is 6. The highest BCUT2D eigenvalue weighted by Crippen LogP contribution is 2.22. The molecule has 0 aliphatic carbocycles. The molecule has 146 valence electrons. The molecule has 2 aromatic carbocycles. The van der Waals surface area contributed by atoms with Crippen molar-refractivity contribution in [1.29, 1.82) is 0 Å². The van der Waals surface area contributed by atoms with Gasteiger partial charge >= 0.3 is 6.01 Å². The summed E-state index contributed by atoms with van der Waals surface area (Å²) in [5.41, 5.74) is 0.140. The summed E-state index contributed by atoms with van der Waals surface area (Å²) in [6, 6.07) is 13.0. The number of nitrogens with zero attached hydrogens (tertiary/aromatic N) is 2. The molecule has 1 aromatic heterocycles. The molecule has 0 saturated carbocycles. The van der Waals surface area contributed by atoms with Gasteiger partial charge in [0.2, 0.25) is 0 Å². The molecule has 8 heteroatoms. The first kappa shape index (κ1) is 18.8. The number of benzene rings is 2. The number of halogens is 1. The van der Waals surface area contributed by atoms with Crippen molar-refractivity contribution < 1.29 is 18.6 Å². The first-order valence-corrected chi connectivity index (χ1v) is 9.77. The SMILES string of the molecule is O=c1nc(N2CCOCC2)oc2cc(OCCOc3ccc(Br)cc3)ccc12. The molecule has 7 nitrogen and oxygen atoms in total. The van der Waals surface area contributed by atoms with Crippen LogP contribution in [0, 0.1) is 0 Å². The molecule has 1 aliphatic rings. The van der Waals surface area contributed by atoms with Gasteiger partial charge in [-0.2, -0.15) is 4.98 Å². The third kappa shape index (κ3) is 4.45. The molecule has 0 atom stereocenters. The van der Waals surface area contributed by atoms with Crippen molar-refractivity contribution in [3.8, 4) is 11.5 Å². The minimum atomic E-state index is -0.312. The Morgan fingerprint density at radius 1 is 1.00 bits per heavy atom. The molecule has 1 aliphatic heterocycles. The lowest BCUT2D eigenvalue weighted by Gasteiger charge is -2.25. The molecule has 0 bridgehead atoms. The molecular formula is C20H19BrN2O5. The molecule has 0 radical (unpaired) electrons. The highest BCUT2D eigenvalue weighted by Gasteiger charge is 2.17. The van der Waals surface area contributed by atoms with Gasteiger partial charge in [0.25, 0.3) is 5.56 Å². The number of ether oxygens (including phenoxy) is 3. The quantitative estimate of drug-likeness (QED) is 0.537. The van der Waals surface area contributed by atoms with Crippen molar-refractivity contribution in [3.63, 3.8) is 0 Å². The molecule has 0 N–H and O–H groups in total. The standard InChI is InChI=1S/C20H19BrN2O5/c21-14-1-3-15(4-2-14)26-11-12-27-16-5-6-17-18(13-16)28-20(22-19(17)24)23-7-9-25-10-8-23/h1-6,13H,7-12H2. The molecule has 28 heavy (non-hydrogen) atoms. The second-order valence-electron chi connectivity index (χ2n) is 6.21. The van der Waals surface area contributed by atoms with Crippen molar-refractivity contribution >= 4 is 32.9 Å². The van der Waals surface area contributed by atoms with Crippen molar-refractivity contribution in [2.45, 2.75) is 0 Å². The van der Waals surface area contributed by atoms with E-state index in [1.165, 1.54) is 0 Å². The zero-order valence-electron chi connectivity index (χ0n) is 15.1. The Hall–Kier alpha value is -2.58. The Labute approximate surface area is 170 Å². The van der Waals surface area contributed by atoms with Crippen LogP contribution >= 0.6 is 15.9 Å². The van der Waals surface area contributed by atoms with Gasteiger partial charge < -0.3 is 23.5 Å². The van der Waals surface area contributed by atoms with Crippen LogP contribution in [0.15, 0.2) is 56.1 Å². The Morgan fingerprint density at radius 3 is 2.43 bits per heavy atom. The van der Waals surface area contributed by atoms with Crippen LogP contribution in [-0.4, -0.2) is 44.5 Å². The fourth-order valence-corrected chi connectivity index (χ4v) is 3.13. The summed E-state index contributed by atoms with van der Waals surface area (Å²) in [6.07, 6.45) is 0. The molecule has 3 aromatic rings. The smallest absolute Gasteiger partial charge is 0.301 e. The third-order valence-electron chi connectivity index (χ3n) is 4.30. The molecular weight excluding hydrogens is 428 g/mol. The van der Waals surface area contributed by atoms with Crippen LogP contribution in [0.1, 0.15) is 0 Å². The number of aromatic nitrogens is 1. The second-order valence-corrected chi connectivity index (χ2v) is 7.13. The van der Waals surface area contributed by atoms with Gasteiger partial charge in [0.15, 0.2) is 0 Å². The van der Waals surface area contributed by atoms with Gasteiger partial charge in [0, 0.05) is 23.6 Å². The lowest BCUT2D eigenvalue weighted by Crippen LogP contribution is -2.37. The van der Waals surface area contributed by atoms with Gasteiger partial charge in [-0.1, -0.05) is 15.9 Å². The van der Waals surface area contributed by atoms with Crippen LogP contribution in [0.3, 0.4) is 0 Å². The molecule has 1 fully saturated rings. The van der Waals surface area contributed by atoms with Crippen LogP contribution in [0.25, 0.3) is 11.0 Å². The van der Waals surface area contributed by atoms with E-state index >= 15 is 0 Å². The molecule has 2 heterocycles. The fourth-order valence-electron chi connectivity index (χ4n) is 2.86. The summed E-state index contributed by atoms with van der Waals surface area (Å²) in [5.74, 6) is 1.38. The van der Waals surface area contributed by atoms with Crippen LogP contribution in [-0.2, 0) is 4.74 Å². The Balaban J connectivity index is 1.42. The topological polar surface area (TPSA) is 74.0 Å². The van der Waals surface area contributed by atoms with E-state index in [1.54, 1.807) is 18.2 Å². The lowest BCUT2D eigenvalue weighted by molar-refractivity contribution is 0.120. The van der Waals surface area contributed by atoms with Gasteiger partial charge in [0.05, 0.1) is 18.6 Å². The summed E-state index contributed by atoms with van der Waals surface area (Å²) >= 11 is 3.39. The van der Waals surface area contributed by atoms with E-state index in [2.05, 4.69) is 20.9 Å². The number of fused-ring (bicyclic) bond motifs is 1. The number of morpholine rings is 1. The van der Waals surface area contributed by atoms with E-state index in [0.29, 0.717) is 62.3 Å². The van der Waals surface area contributed by atoms with E-state index in [0.717, 1.165) is 10.2 Å². The zero-order valence-corrected chi connectivity index (χ0v) is 16.7. The van der Waals surface area contributed by atoms with E-state index in [4.69, 9.17) is 18.6 Å². The van der Waals surface area contributed by atoms with Crippen LogP contribution in [0.4, 0.5) is 6.01 Å². The Morgan fingerprint density at radius 2 is 1.68 bits per heavy atom. The highest BCUT2D eigenvalue weighted by molar-refractivity contribution is 9.10. The largest absolute Gasteiger partial charge is 0.490 e. The molecule has 1 saturated heterocycles. The second kappa shape index (κ2) is 8.62. The van der Waals surface area contributed by atoms with Crippen molar-refractivity contribution in [3.05, 3.63) is 57.3 Å². The fraction of sp³-hybridized carbons (Fsp3) is 0.300. The number of hydrogen-bond donors (Lipinski definition) is 0. The number of anilines is 1. The lowest BCUT2D eigenvalue weighted by atomic mass is 10.2. The van der Waals surface area contributed by atoms with Crippen LogP contribution in [0.2, 0.25) is 0 Å². The third-order valence-corrected chi connectivity index (χ3v) is 4.83. The normalized spacial score (nSPS) is 14.2. The minimum absolute atomic E-state index is 0.312. The highest BCUT2D eigenvalue weighted by atomic mass is 79.9. The average molecular weight is 447 g/mol. The zero-order chi connectivity index (χ0) is 19.3. The van der Waals surface area contributed by atoms with E-state index in [9.17, 15) is 4.79 Å². The van der Waals surface area contributed by atoms with E-state index < -0.39 is 0 Å². The average Bonchev–Trinajstić information content (AvgIpc) is 2.73. The molecule has 0 unspecified atom stereocenters. The molecule has 0 amide bonds. The minimum Gasteiger partial charge on any atom is -0.490 e. The maximum atomic E-state index is 12.3. The first-order chi connectivity index (χ1) is 13.7. The monoisotopic (exact) mass is 446 g/mol. The van der Waals surface area contributed by atoms with E-state index in [-0.39, 0.29) is 5.56 Å². The maximum Gasteiger partial charge on any atom is 0.301 e. The van der Waals surface area contributed by atoms with Crippen LogP contribution in [0.5, 0.6) is 11.5 Å². The van der Waals surface area contributed by atoms with E-state index in [1.807, 2.05) is 29.2 Å². The van der Waals surface area contributed by atoms with Gasteiger partial charge in [-0.15, -0.1) is 0 Å². The first-order valence-electron chi connectivity index (χ1n) is 8.98. The van der Waals surface area contributed by atoms with Gasteiger partial charge in [-0.3, -0.25) is 4.79 Å². The van der Waals surface area contributed by atoms with Gasteiger partial charge in [-0.05, 0) is 36.4 Å². The molecule has 4 rings (SSSR count). The summed E-state index contributed by atoms with van der Waals surface area (Å²) in [5, 5.41) is 0.426. The predicted octanol–water partition coefficient (Wildman–Crippen LogP) is 3.24. The summed E-state index contributed by atoms with van der Waals surface area (Å²) < 4.78 is 23.6. The molecule has 0 spiro atoms. The predicted molar refractivity (Wildman–Crippen MR) is 108 cm³/mol. The summed E-state index contributed by atoms with van der Waals surface area (Å²) in [7, 11) is 0. The van der Waals surface area contributed by atoms with Crippen molar-refractivity contribution in [2.24, 2.45) is 0 Å². The Kier molecular flexibility index (Phi) is 5.78. The van der Waals surface area contributed by atoms with Crippen molar-refractivity contribution in [2.75, 3.05) is 44.4 Å². The number of hydrogen-bond acceptors (Lipinski definition) is 7. The maximum absolute atomic E-state index is 12.3. The van der Waals surface area contributed by atoms with Crippen molar-refractivity contribution in [1.82, 2.24) is 4.98 Å². The Bertz CT molecular complexity index is 1000.